The minimum absolute atomic E-state index is 0.0223. The predicted molar refractivity (Wildman–Crippen MR) is 84.9 cm³/mol. The lowest BCUT2D eigenvalue weighted by Crippen LogP contribution is -2.35. The van der Waals surface area contributed by atoms with Crippen molar-refractivity contribution in [2.75, 3.05) is 38.3 Å². The number of rotatable bonds is 5. The Hall–Kier alpha value is -1.67. The number of benzene rings is 1. The molecule has 1 heterocycles. The highest BCUT2D eigenvalue weighted by molar-refractivity contribution is 7.90. The molecule has 2 rings (SSSR count). The van der Waals surface area contributed by atoms with E-state index < -0.39 is 14.8 Å². The number of anilines is 1. The van der Waals surface area contributed by atoms with E-state index in [0.29, 0.717) is 18.2 Å². The molecule has 22 heavy (non-hydrogen) atoms. The van der Waals surface area contributed by atoms with Gasteiger partial charge >= 0.3 is 0 Å². The van der Waals surface area contributed by atoms with Crippen LogP contribution in [0.5, 0.6) is 0 Å². The monoisotopic (exact) mass is 327 g/mol. The van der Waals surface area contributed by atoms with Crippen LogP contribution in [0.15, 0.2) is 23.1 Å². The Kier molecular flexibility index (Phi) is 5.02. The molecule has 0 amide bonds. The van der Waals surface area contributed by atoms with Gasteiger partial charge in [-0.05, 0) is 38.4 Å². The van der Waals surface area contributed by atoms with Crippen LogP contribution in [0.25, 0.3) is 0 Å². The van der Waals surface area contributed by atoms with E-state index in [1.54, 1.807) is 0 Å². The van der Waals surface area contributed by atoms with Crippen molar-refractivity contribution in [2.45, 2.75) is 17.7 Å². The van der Waals surface area contributed by atoms with Crippen molar-refractivity contribution in [2.24, 2.45) is 5.92 Å². The second kappa shape index (κ2) is 6.62. The van der Waals surface area contributed by atoms with Crippen LogP contribution in [0, 0.1) is 16.0 Å². The minimum atomic E-state index is -3.53. The van der Waals surface area contributed by atoms with E-state index in [4.69, 9.17) is 0 Å². The fourth-order valence-electron chi connectivity index (χ4n) is 2.77. The number of nitro groups is 1. The summed E-state index contributed by atoms with van der Waals surface area (Å²) < 4.78 is 23.7. The van der Waals surface area contributed by atoms with Crippen molar-refractivity contribution in [3.05, 3.63) is 28.3 Å². The molecule has 1 aromatic rings. The summed E-state index contributed by atoms with van der Waals surface area (Å²) in [5.41, 5.74) is 0.213. The molecule has 0 aliphatic carbocycles. The molecule has 0 saturated carbocycles. The van der Waals surface area contributed by atoms with Gasteiger partial charge in [0, 0.05) is 31.5 Å². The van der Waals surface area contributed by atoms with Gasteiger partial charge in [-0.3, -0.25) is 10.1 Å². The van der Waals surface area contributed by atoms with E-state index in [9.17, 15) is 18.5 Å². The number of nitrogens with one attached hydrogen (secondary N) is 1. The van der Waals surface area contributed by atoms with Gasteiger partial charge in [-0.15, -0.1) is 0 Å². The molecule has 0 radical (unpaired) electrons. The third-order valence-corrected chi connectivity index (χ3v) is 5.02. The van der Waals surface area contributed by atoms with Gasteiger partial charge in [-0.25, -0.2) is 8.42 Å². The Balaban J connectivity index is 2.17. The number of hydrogen-bond acceptors (Lipinski definition) is 6. The highest BCUT2D eigenvalue weighted by Crippen LogP contribution is 2.27. The Morgan fingerprint density at radius 2 is 2.18 bits per heavy atom. The minimum Gasteiger partial charge on any atom is -0.384 e. The molecule has 8 heteroatoms. The maximum absolute atomic E-state index is 11.9. The van der Waals surface area contributed by atoms with E-state index in [0.717, 1.165) is 38.3 Å². The SMILES string of the molecule is CN1CCCC(CNc2ccc([N+](=O)[O-])cc2S(C)(=O)=O)C1. The average Bonchev–Trinajstić information content (AvgIpc) is 2.44. The van der Waals surface area contributed by atoms with Gasteiger partial charge < -0.3 is 10.2 Å². The molecule has 1 aromatic carbocycles. The van der Waals surface area contributed by atoms with Crippen molar-refractivity contribution < 1.29 is 13.3 Å². The molecule has 1 fully saturated rings. The molecule has 0 aromatic heterocycles. The third-order valence-electron chi connectivity index (χ3n) is 3.88. The summed E-state index contributed by atoms with van der Waals surface area (Å²) in [6.45, 7) is 2.71. The number of hydrogen-bond donors (Lipinski definition) is 1. The summed E-state index contributed by atoms with van der Waals surface area (Å²) in [4.78, 5) is 12.5. The zero-order chi connectivity index (χ0) is 16.3. The maximum atomic E-state index is 11.9. The van der Waals surface area contributed by atoms with Crippen LogP contribution in [0.2, 0.25) is 0 Å². The lowest BCUT2D eigenvalue weighted by Gasteiger charge is -2.30. The van der Waals surface area contributed by atoms with Gasteiger partial charge in [0.25, 0.3) is 5.69 Å². The topological polar surface area (TPSA) is 92.5 Å². The zero-order valence-electron chi connectivity index (χ0n) is 12.8. The first kappa shape index (κ1) is 16.7. The molecule has 1 aliphatic heterocycles. The van der Waals surface area contributed by atoms with Crippen molar-refractivity contribution in [1.82, 2.24) is 4.90 Å². The lowest BCUT2D eigenvalue weighted by atomic mass is 9.98. The number of sulfone groups is 1. The summed E-state index contributed by atoms with van der Waals surface area (Å²) in [7, 11) is -1.46. The quantitative estimate of drug-likeness (QED) is 0.654. The largest absolute Gasteiger partial charge is 0.384 e. The first-order valence-electron chi connectivity index (χ1n) is 7.18. The standard InChI is InChI=1S/C14H21N3O4S/c1-16-7-3-4-11(10-16)9-15-13-6-5-12(17(18)19)8-14(13)22(2,20)21/h5-6,8,11,15H,3-4,7,9-10H2,1-2H3. The van der Waals surface area contributed by atoms with Crippen LogP contribution in [-0.2, 0) is 9.84 Å². The van der Waals surface area contributed by atoms with Gasteiger partial charge in [0.05, 0.1) is 15.5 Å². The Labute approximate surface area is 130 Å². The van der Waals surface area contributed by atoms with Gasteiger partial charge in [-0.1, -0.05) is 0 Å². The number of nitro benzene ring substituents is 1. The fraction of sp³-hybridized carbons (Fsp3) is 0.571. The summed E-state index contributed by atoms with van der Waals surface area (Å²) in [5, 5.41) is 14.0. The molecule has 1 aliphatic rings. The van der Waals surface area contributed by atoms with Crippen LogP contribution >= 0.6 is 0 Å². The van der Waals surface area contributed by atoms with Crippen molar-refractivity contribution in [3.63, 3.8) is 0 Å². The summed E-state index contributed by atoms with van der Waals surface area (Å²) >= 11 is 0. The second-order valence-electron chi connectivity index (χ2n) is 5.86. The van der Waals surface area contributed by atoms with Crippen LogP contribution in [0.1, 0.15) is 12.8 Å². The number of piperidine rings is 1. The smallest absolute Gasteiger partial charge is 0.270 e. The molecule has 7 nitrogen and oxygen atoms in total. The van der Waals surface area contributed by atoms with Crippen molar-refractivity contribution in [1.29, 1.82) is 0 Å². The van der Waals surface area contributed by atoms with Crippen LogP contribution in [-0.4, -0.2) is 51.2 Å². The Morgan fingerprint density at radius 1 is 1.45 bits per heavy atom. The number of likely N-dealkylation sites (tertiary alicyclic amines) is 1. The highest BCUT2D eigenvalue weighted by Gasteiger charge is 2.21. The first-order valence-corrected chi connectivity index (χ1v) is 9.07. The highest BCUT2D eigenvalue weighted by atomic mass is 32.2. The first-order chi connectivity index (χ1) is 10.3. The molecule has 1 saturated heterocycles. The van der Waals surface area contributed by atoms with Gasteiger partial charge in [-0.2, -0.15) is 0 Å². The van der Waals surface area contributed by atoms with Crippen molar-refractivity contribution >= 4 is 21.2 Å². The van der Waals surface area contributed by atoms with E-state index in [1.165, 1.54) is 12.1 Å². The molecular formula is C14H21N3O4S. The summed E-state index contributed by atoms with van der Waals surface area (Å²) in [5.74, 6) is 0.446. The Bertz CT molecular complexity index is 660. The molecule has 1 N–H and O–H groups in total. The van der Waals surface area contributed by atoms with E-state index >= 15 is 0 Å². The zero-order valence-corrected chi connectivity index (χ0v) is 13.6. The third kappa shape index (κ3) is 4.17. The fourth-order valence-corrected chi connectivity index (χ4v) is 3.65. The van der Waals surface area contributed by atoms with Crippen LogP contribution in [0.3, 0.4) is 0 Å². The number of non-ortho nitro benzene ring substituents is 1. The van der Waals surface area contributed by atoms with E-state index in [2.05, 4.69) is 17.3 Å². The maximum Gasteiger partial charge on any atom is 0.270 e. The molecule has 1 unspecified atom stereocenters. The lowest BCUT2D eigenvalue weighted by molar-refractivity contribution is -0.385. The summed E-state index contributed by atoms with van der Waals surface area (Å²) in [6.07, 6.45) is 3.28. The molecule has 0 spiro atoms. The van der Waals surface area contributed by atoms with Crippen molar-refractivity contribution in [3.8, 4) is 0 Å². The summed E-state index contributed by atoms with van der Waals surface area (Å²) in [6, 6.07) is 3.91. The predicted octanol–water partition coefficient (Wildman–Crippen LogP) is 1.75. The van der Waals surface area contributed by atoms with E-state index in [-0.39, 0.29) is 10.6 Å². The molecule has 122 valence electrons. The van der Waals surface area contributed by atoms with Crippen LogP contribution < -0.4 is 5.32 Å². The van der Waals surface area contributed by atoms with Crippen LogP contribution in [0.4, 0.5) is 11.4 Å². The van der Waals surface area contributed by atoms with Gasteiger partial charge in [0.2, 0.25) is 0 Å². The second-order valence-corrected chi connectivity index (χ2v) is 7.85. The molecule has 1 atom stereocenters. The average molecular weight is 327 g/mol. The van der Waals surface area contributed by atoms with E-state index in [1.807, 2.05) is 0 Å². The van der Waals surface area contributed by atoms with Gasteiger partial charge in [0.1, 0.15) is 0 Å². The normalized spacial score (nSPS) is 19.8. The Morgan fingerprint density at radius 3 is 2.77 bits per heavy atom. The number of nitrogens with zero attached hydrogens (tertiary/aromatic N) is 2. The molecule has 0 bridgehead atoms. The van der Waals surface area contributed by atoms with Gasteiger partial charge in [0.15, 0.2) is 9.84 Å². The molecular weight excluding hydrogens is 306 g/mol.